The highest BCUT2D eigenvalue weighted by Gasteiger charge is 2.22. The van der Waals surface area contributed by atoms with Crippen LogP contribution in [0, 0.1) is 0 Å². The predicted octanol–water partition coefficient (Wildman–Crippen LogP) is 3.09. The van der Waals surface area contributed by atoms with Crippen LogP contribution in [0.3, 0.4) is 0 Å². The Labute approximate surface area is 144 Å². The van der Waals surface area contributed by atoms with Crippen molar-refractivity contribution in [2.45, 2.75) is 12.8 Å². The molecule has 0 N–H and O–H groups in total. The Kier molecular flexibility index (Phi) is 4.79. The van der Waals surface area contributed by atoms with Gasteiger partial charge in [-0.25, -0.2) is 4.79 Å². The van der Waals surface area contributed by atoms with Gasteiger partial charge >= 0.3 is 5.97 Å². The quantitative estimate of drug-likeness (QED) is 0.475. The van der Waals surface area contributed by atoms with Gasteiger partial charge in [0.2, 0.25) is 11.7 Å². The third-order valence-corrected chi connectivity index (χ3v) is 3.93. The van der Waals surface area contributed by atoms with E-state index in [1.54, 1.807) is 29.2 Å². The molecule has 25 heavy (non-hydrogen) atoms. The van der Waals surface area contributed by atoms with Crippen LogP contribution in [0.1, 0.15) is 39.5 Å². The van der Waals surface area contributed by atoms with Gasteiger partial charge in [0, 0.05) is 24.2 Å². The first kappa shape index (κ1) is 16.7. The van der Waals surface area contributed by atoms with Gasteiger partial charge in [0.25, 0.3) is 0 Å². The lowest BCUT2D eigenvalue weighted by Crippen LogP contribution is -2.23. The number of benzene rings is 1. The number of furan rings is 1. The average molecular weight is 339 g/mol. The lowest BCUT2D eigenvalue weighted by Gasteiger charge is -2.16. The highest BCUT2D eigenvalue weighted by atomic mass is 16.5. The third kappa shape index (κ3) is 3.68. The van der Waals surface area contributed by atoms with Gasteiger partial charge in [-0.15, -0.1) is 0 Å². The van der Waals surface area contributed by atoms with Gasteiger partial charge < -0.3 is 14.1 Å². The summed E-state index contributed by atoms with van der Waals surface area (Å²) in [6, 6.07) is 10.0. The topological polar surface area (TPSA) is 76.8 Å². The number of rotatable bonds is 5. The zero-order chi connectivity index (χ0) is 17.8. The summed E-state index contributed by atoms with van der Waals surface area (Å²) in [5.41, 5.74) is 1.21. The summed E-state index contributed by atoms with van der Waals surface area (Å²) in [7, 11) is 1.27. The first-order valence-electron chi connectivity index (χ1n) is 7.89. The number of esters is 1. The molecule has 1 saturated heterocycles. The number of methoxy groups -OCH3 is 1. The number of anilines is 1. The Balaban J connectivity index is 1.74. The molecule has 1 aliphatic rings. The minimum atomic E-state index is -0.575. The van der Waals surface area contributed by atoms with Crippen molar-refractivity contribution in [3.05, 3.63) is 59.6 Å². The van der Waals surface area contributed by atoms with Crippen LogP contribution in [-0.2, 0) is 9.53 Å². The molecule has 0 aliphatic carbocycles. The van der Waals surface area contributed by atoms with E-state index in [9.17, 15) is 14.4 Å². The van der Waals surface area contributed by atoms with Crippen LogP contribution in [0.25, 0.3) is 6.08 Å². The van der Waals surface area contributed by atoms with Crippen LogP contribution in [0.2, 0.25) is 0 Å². The van der Waals surface area contributed by atoms with E-state index in [2.05, 4.69) is 4.74 Å². The zero-order valence-corrected chi connectivity index (χ0v) is 13.7. The highest BCUT2D eigenvalue weighted by molar-refractivity contribution is 6.07. The highest BCUT2D eigenvalue weighted by Crippen LogP contribution is 2.22. The lowest BCUT2D eigenvalue weighted by atomic mass is 10.1. The standard InChI is InChI=1S/C19H17NO5/c1-24-19(23)17-10-8-15(25-17)7-9-16(21)13-4-2-5-14(12-13)20-11-3-6-18(20)22/h2,4-5,7-10,12H,3,6,11H2,1H3/b9-7+. The maximum atomic E-state index is 12.3. The minimum Gasteiger partial charge on any atom is -0.463 e. The molecule has 2 aromatic rings. The van der Waals surface area contributed by atoms with E-state index in [-0.39, 0.29) is 17.5 Å². The molecule has 0 unspecified atom stereocenters. The van der Waals surface area contributed by atoms with Crippen molar-refractivity contribution in [3.63, 3.8) is 0 Å². The van der Waals surface area contributed by atoms with Crippen LogP contribution in [0.5, 0.6) is 0 Å². The maximum absolute atomic E-state index is 12.3. The molecule has 128 valence electrons. The summed E-state index contributed by atoms with van der Waals surface area (Å²) in [6.07, 6.45) is 4.23. The van der Waals surface area contributed by atoms with Crippen LogP contribution in [0.4, 0.5) is 5.69 Å². The summed E-state index contributed by atoms with van der Waals surface area (Å²) in [5, 5.41) is 0. The Hall–Kier alpha value is -3.15. The molecular weight excluding hydrogens is 322 g/mol. The fraction of sp³-hybridized carbons (Fsp3) is 0.211. The van der Waals surface area contributed by atoms with E-state index < -0.39 is 5.97 Å². The SMILES string of the molecule is COC(=O)c1ccc(/C=C/C(=O)c2cccc(N3CCCC3=O)c2)o1. The van der Waals surface area contributed by atoms with Gasteiger partial charge in [-0.2, -0.15) is 0 Å². The van der Waals surface area contributed by atoms with E-state index in [0.29, 0.717) is 24.3 Å². The summed E-state index contributed by atoms with van der Waals surface area (Å²) >= 11 is 0. The molecule has 0 radical (unpaired) electrons. The average Bonchev–Trinajstić information content (AvgIpc) is 3.28. The van der Waals surface area contributed by atoms with Gasteiger partial charge in [-0.05, 0) is 42.8 Å². The number of hydrogen-bond donors (Lipinski definition) is 0. The lowest BCUT2D eigenvalue weighted by molar-refractivity contribution is -0.117. The second-order valence-electron chi connectivity index (χ2n) is 5.59. The van der Waals surface area contributed by atoms with Crippen LogP contribution >= 0.6 is 0 Å². The summed E-state index contributed by atoms with van der Waals surface area (Å²) in [6.45, 7) is 0.676. The molecule has 3 rings (SSSR count). The van der Waals surface area contributed by atoms with Gasteiger partial charge in [0.15, 0.2) is 5.78 Å². The molecule has 0 bridgehead atoms. The van der Waals surface area contributed by atoms with Crippen molar-refractivity contribution in [2.75, 3.05) is 18.6 Å². The van der Waals surface area contributed by atoms with Crippen molar-refractivity contribution >= 4 is 29.4 Å². The van der Waals surface area contributed by atoms with Gasteiger partial charge in [0.1, 0.15) is 5.76 Å². The fourth-order valence-electron chi connectivity index (χ4n) is 2.65. The second-order valence-corrected chi connectivity index (χ2v) is 5.59. The Morgan fingerprint density at radius 1 is 1.24 bits per heavy atom. The monoisotopic (exact) mass is 339 g/mol. The van der Waals surface area contributed by atoms with E-state index in [1.165, 1.54) is 25.3 Å². The smallest absolute Gasteiger partial charge is 0.373 e. The molecule has 0 atom stereocenters. The Morgan fingerprint density at radius 2 is 2.08 bits per heavy atom. The molecule has 1 aromatic carbocycles. The number of amides is 1. The minimum absolute atomic E-state index is 0.0733. The van der Waals surface area contributed by atoms with Gasteiger partial charge in [-0.1, -0.05) is 12.1 Å². The number of carbonyl (C=O) groups excluding carboxylic acids is 3. The van der Waals surface area contributed by atoms with Crippen molar-refractivity contribution in [1.82, 2.24) is 0 Å². The largest absolute Gasteiger partial charge is 0.463 e. The maximum Gasteiger partial charge on any atom is 0.373 e. The van der Waals surface area contributed by atoms with Gasteiger partial charge in [0.05, 0.1) is 7.11 Å². The molecule has 6 nitrogen and oxygen atoms in total. The van der Waals surface area contributed by atoms with E-state index >= 15 is 0 Å². The molecular formula is C19H17NO5. The van der Waals surface area contributed by atoms with Crippen molar-refractivity contribution in [1.29, 1.82) is 0 Å². The number of ether oxygens (including phenoxy) is 1. The first-order chi connectivity index (χ1) is 12.1. The van der Waals surface area contributed by atoms with Gasteiger partial charge in [-0.3, -0.25) is 9.59 Å². The van der Waals surface area contributed by atoms with Crippen LogP contribution in [0.15, 0.2) is 46.9 Å². The zero-order valence-electron chi connectivity index (χ0n) is 13.7. The van der Waals surface area contributed by atoms with Crippen LogP contribution < -0.4 is 4.90 Å². The molecule has 6 heteroatoms. The van der Waals surface area contributed by atoms with Crippen molar-refractivity contribution < 1.29 is 23.5 Å². The third-order valence-electron chi connectivity index (χ3n) is 3.93. The second kappa shape index (κ2) is 7.17. The summed E-state index contributed by atoms with van der Waals surface area (Å²) in [5.74, 6) is -0.270. The number of carbonyl (C=O) groups is 3. The Bertz CT molecular complexity index is 849. The van der Waals surface area contributed by atoms with Crippen LogP contribution in [-0.4, -0.2) is 31.3 Å². The molecule has 2 heterocycles. The molecule has 1 fully saturated rings. The molecule has 0 saturated carbocycles. The first-order valence-corrected chi connectivity index (χ1v) is 7.89. The van der Waals surface area contributed by atoms with E-state index in [0.717, 1.165) is 12.1 Å². The Morgan fingerprint density at radius 3 is 2.80 bits per heavy atom. The summed E-state index contributed by atoms with van der Waals surface area (Å²) in [4.78, 5) is 37.2. The van der Waals surface area contributed by atoms with Crippen molar-refractivity contribution in [3.8, 4) is 0 Å². The van der Waals surface area contributed by atoms with E-state index in [4.69, 9.17) is 4.42 Å². The van der Waals surface area contributed by atoms with Crippen molar-refractivity contribution in [2.24, 2.45) is 0 Å². The molecule has 1 aliphatic heterocycles. The normalized spacial score (nSPS) is 14.3. The number of ketones is 1. The molecule has 1 aromatic heterocycles. The number of nitrogens with zero attached hydrogens (tertiary/aromatic N) is 1. The fourth-order valence-corrected chi connectivity index (χ4v) is 2.65. The molecule has 0 spiro atoms. The predicted molar refractivity (Wildman–Crippen MR) is 91.4 cm³/mol. The number of hydrogen-bond acceptors (Lipinski definition) is 5. The van der Waals surface area contributed by atoms with E-state index in [1.807, 2.05) is 6.07 Å². The number of allylic oxidation sites excluding steroid dienone is 1. The molecule has 1 amide bonds. The summed E-state index contributed by atoms with van der Waals surface area (Å²) < 4.78 is 9.83.